The normalized spacial score (nSPS) is 30.8. The predicted molar refractivity (Wildman–Crippen MR) is 138 cm³/mol. The molecule has 3 aliphatic rings. The van der Waals surface area contributed by atoms with Crippen LogP contribution < -0.4 is 16.6 Å². The number of aromatic hydroxyl groups is 1. The average Bonchev–Trinajstić information content (AvgIpc) is 2.89. The van der Waals surface area contributed by atoms with Crippen LogP contribution in [-0.4, -0.2) is 91.2 Å². The zero-order chi connectivity index (χ0) is 30.0. The molecule has 14 nitrogen and oxygen atoms in total. The Morgan fingerprint density at radius 3 is 2.54 bits per heavy atom. The average molecular weight is 568 g/mol. The first-order valence-corrected chi connectivity index (χ1v) is 12.9. The molecule has 2 amide bonds. The third-order valence-electron chi connectivity index (χ3n) is 8.62. The molecule has 0 spiro atoms. The summed E-state index contributed by atoms with van der Waals surface area (Å²) in [6.07, 6.45) is -0.464. The zero-order valence-electron chi connectivity index (χ0n) is 22.2. The van der Waals surface area contributed by atoms with Crippen molar-refractivity contribution < 1.29 is 39.3 Å². The van der Waals surface area contributed by atoms with Crippen LogP contribution in [0.15, 0.2) is 29.3 Å². The number of likely N-dealkylation sites (N-methyl/N-ethyl adjacent to an activating group) is 1. The Kier molecular flexibility index (Phi) is 6.88. The van der Waals surface area contributed by atoms with Crippen molar-refractivity contribution in [3.8, 4) is 5.75 Å². The van der Waals surface area contributed by atoms with Gasteiger partial charge in [-0.2, -0.15) is 0 Å². The Bertz CT molecular complexity index is 1550. The number of nitrogens with zero attached hydrogens (tertiary/aromatic N) is 2. The molecule has 1 aromatic carbocycles. The summed E-state index contributed by atoms with van der Waals surface area (Å²) in [5.41, 5.74) is 2.67. The molecule has 7 atom stereocenters. The van der Waals surface area contributed by atoms with Crippen LogP contribution in [0.3, 0.4) is 0 Å². The molecule has 3 aliphatic carbocycles. The molecule has 0 bridgehead atoms. The summed E-state index contributed by atoms with van der Waals surface area (Å²) in [7, 11) is 3.13. The number of rotatable bonds is 5. The van der Waals surface area contributed by atoms with Crippen LogP contribution in [-0.2, 0) is 27.3 Å². The first-order valence-electron chi connectivity index (χ1n) is 12.9. The van der Waals surface area contributed by atoms with Crippen LogP contribution in [0.4, 0.5) is 0 Å². The van der Waals surface area contributed by atoms with Gasteiger partial charge >= 0.3 is 0 Å². The summed E-state index contributed by atoms with van der Waals surface area (Å²) in [4.78, 5) is 84.8. The minimum absolute atomic E-state index is 0.0343. The molecule has 2 saturated carbocycles. The number of phenolic OH excluding ortho intramolecular Hbond substituents is 1. The molecular formula is C27H29N5O9. The Balaban J connectivity index is 1.52. The van der Waals surface area contributed by atoms with Gasteiger partial charge in [0.1, 0.15) is 17.4 Å². The molecule has 4 unspecified atom stereocenters. The van der Waals surface area contributed by atoms with Gasteiger partial charge in [0.15, 0.2) is 23.0 Å². The van der Waals surface area contributed by atoms with Gasteiger partial charge in [0.05, 0.1) is 23.9 Å². The Hall–Kier alpha value is -4.27. The van der Waals surface area contributed by atoms with E-state index in [0.717, 1.165) is 12.4 Å². The maximum absolute atomic E-state index is 13.9. The van der Waals surface area contributed by atoms with E-state index in [1.807, 2.05) is 0 Å². The Morgan fingerprint density at radius 2 is 1.90 bits per heavy atom. The molecule has 0 aliphatic heterocycles. The van der Waals surface area contributed by atoms with Gasteiger partial charge in [-0.05, 0) is 50.0 Å². The number of hydrogen-bond donors (Lipinski definition) is 6. The predicted octanol–water partition coefficient (Wildman–Crippen LogP) is -2.33. The van der Waals surface area contributed by atoms with Gasteiger partial charge in [-0.3, -0.25) is 28.8 Å². The fourth-order valence-corrected chi connectivity index (χ4v) is 6.81. The smallest absolute Gasteiger partial charge is 0.270 e. The highest BCUT2D eigenvalue weighted by Gasteiger charge is 2.69. The first kappa shape index (κ1) is 28.3. The van der Waals surface area contributed by atoms with Gasteiger partial charge in [0.25, 0.3) is 11.5 Å². The number of carbonyl (C=O) groups excluding carboxylic acids is 5. The van der Waals surface area contributed by atoms with Gasteiger partial charge in [0.2, 0.25) is 5.91 Å². The lowest BCUT2D eigenvalue weighted by molar-refractivity contribution is -0.190. The molecule has 1 heterocycles. The highest BCUT2D eigenvalue weighted by Crippen LogP contribution is 2.51. The number of benzene rings is 1. The van der Waals surface area contributed by atoms with E-state index in [4.69, 9.17) is 5.73 Å². The topological polar surface area (TPSA) is 233 Å². The molecule has 5 rings (SSSR count). The quantitative estimate of drug-likeness (QED) is 0.210. The largest absolute Gasteiger partial charge is 0.507 e. The van der Waals surface area contributed by atoms with E-state index in [1.165, 1.54) is 17.0 Å². The van der Waals surface area contributed by atoms with E-state index in [9.17, 15) is 44.1 Å². The van der Waals surface area contributed by atoms with Crippen LogP contribution in [0, 0.1) is 23.7 Å². The lowest BCUT2D eigenvalue weighted by Crippen LogP contribution is -2.75. The van der Waals surface area contributed by atoms with Crippen LogP contribution in [0.2, 0.25) is 0 Å². The van der Waals surface area contributed by atoms with Crippen molar-refractivity contribution in [1.29, 1.82) is 0 Å². The summed E-state index contributed by atoms with van der Waals surface area (Å²) in [6, 6.07) is 2.76. The summed E-state index contributed by atoms with van der Waals surface area (Å²) in [5.74, 6) is -10.6. The molecular weight excluding hydrogens is 538 g/mol. The fraction of sp³-hybridized carbons (Fsp3) is 0.444. The molecule has 1 aromatic heterocycles. The number of aliphatic hydroxyl groups excluding tert-OH is 1. The zero-order valence-corrected chi connectivity index (χ0v) is 22.2. The number of hydrogen-bond acceptors (Lipinski definition) is 11. The molecule has 0 radical (unpaired) electrons. The van der Waals surface area contributed by atoms with Crippen molar-refractivity contribution >= 4 is 29.2 Å². The van der Waals surface area contributed by atoms with Crippen molar-refractivity contribution in [1.82, 2.24) is 20.2 Å². The van der Waals surface area contributed by atoms with E-state index in [0.29, 0.717) is 11.1 Å². The van der Waals surface area contributed by atoms with E-state index < -0.39 is 81.9 Å². The number of Topliss-reactive ketones (excluding diaryl/α,β-unsaturated/α-hetero) is 3. The number of aliphatic hydroxyl groups is 2. The van der Waals surface area contributed by atoms with Gasteiger partial charge in [-0.15, -0.1) is 0 Å². The number of nitrogens with one attached hydrogen (secondary N) is 2. The Labute approximate surface area is 232 Å². The van der Waals surface area contributed by atoms with Gasteiger partial charge in [-0.25, -0.2) is 4.98 Å². The Morgan fingerprint density at radius 1 is 1.20 bits per heavy atom. The van der Waals surface area contributed by atoms with E-state index in [1.54, 1.807) is 14.1 Å². The number of primary amides is 1. The number of aromatic nitrogens is 2. The van der Waals surface area contributed by atoms with Crippen molar-refractivity contribution in [3.05, 3.63) is 57.3 Å². The van der Waals surface area contributed by atoms with Crippen LogP contribution in [0.25, 0.3) is 0 Å². The number of nitrogens with two attached hydrogens (primary N) is 1. The van der Waals surface area contributed by atoms with Gasteiger partial charge in [-0.1, -0.05) is 6.07 Å². The molecule has 216 valence electrons. The maximum atomic E-state index is 13.9. The number of aromatic amines is 1. The number of carbonyl (C=O) groups is 5. The third-order valence-corrected chi connectivity index (χ3v) is 8.62. The van der Waals surface area contributed by atoms with Crippen LogP contribution in [0.5, 0.6) is 5.75 Å². The minimum atomic E-state index is -2.75. The number of ketones is 3. The molecule has 7 N–H and O–H groups in total. The number of amides is 2. The summed E-state index contributed by atoms with van der Waals surface area (Å²) in [5, 5.41) is 35.8. The highest BCUT2D eigenvalue weighted by molar-refractivity contribution is 6.25. The summed E-state index contributed by atoms with van der Waals surface area (Å²) >= 11 is 0. The highest BCUT2D eigenvalue weighted by atomic mass is 16.3. The lowest BCUT2D eigenvalue weighted by Gasteiger charge is -2.54. The monoisotopic (exact) mass is 567 g/mol. The lowest BCUT2D eigenvalue weighted by atomic mass is 9.52. The second-order valence-electron chi connectivity index (χ2n) is 11.0. The van der Waals surface area contributed by atoms with Crippen molar-refractivity contribution in [2.24, 2.45) is 29.4 Å². The first-order chi connectivity index (χ1) is 19.3. The van der Waals surface area contributed by atoms with E-state index in [2.05, 4.69) is 15.3 Å². The molecule has 2 aromatic rings. The molecule has 0 saturated heterocycles. The van der Waals surface area contributed by atoms with Gasteiger partial charge < -0.3 is 36.3 Å². The molecule has 2 fully saturated rings. The maximum Gasteiger partial charge on any atom is 0.270 e. The standard InChI is InChI=1S/C27H29N5O9/c1-32(2)20-13-6-11-5-12-10(8-29-26(40)14-7-16(34)31-9-30-14)3-4-15(33)18(12)21(35)17(11)23(37)27(13,41)24(38)19(22(20)36)25(28)39/h3-4,7,9,11,13,17,19-20,22,33,36,41H,5-6,8H2,1-2H3,(H2,28,39)(H,29,40)(H,30,31,34)/t11-,13-,17?,19?,20?,22?,27-/m1/s1. The molecule has 41 heavy (non-hydrogen) atoms. The minimum Gasteiger partial charge on any atom is -0.507 e. The third kappa shape index (κ3) is 4.26. The van der Waals surface area contributed by atoms with Crippen molar-refractivity contribution in [2.45, 2.75) is 37.1 Å². The second-order valence-corrected chi connectivity index (χ2v) is 11.0. The van der Waals surface area contributed by atoms with E-state index in [-0.39, 0.29) is 30.6 Å². The summed E-state index contributed by atoms with van der Waals surface area (Å²) in [6.45, 7) is -0.0975. The van der Waals surface area contributed by atoms with Gasteiger partial charge in [0, 0.05) is 24.6 Å². The number of fused-ring (bicyclic) bond motifs is 3. The second kappa shape index (κ2) is 9.98. The van der Waals surface area contributed by atoms with Crippen molar-refractivity contribution in [3.63, 3.8) is 0 Å². The molecule has 14 heteroatoms. The summed E-state index contributed by atoms with van der Waals surface area (Å²) < 4.78 is 0. The van der Waals surface area contributed by atoms with E-state index >= 15 is 0 Å². The number of H-pyrrole nitrogens is 1. The number of phenols is 1. The van der Waals surface area contributed by atoms with Crippen molar-refractivity contribution in [2.75, 3.05) is 14.1 Å². The van der Waals surface area contributed by atoms with Crippen LogP contribution in [0.1, 0.15) is 38.4 Å². The SMILES string of the molecule is CN(C)C1C(O)C(C(N)=O)C(=O)[C@]2(O)C(=O)C3C(=O)c4c(O)ccc(CNC(=O)c5cc(=O)[nH]cn5)c4C[C@@H]3C[C@H]12. The van der Waals surface area contributed by atoms with Crippen LogP contribution >= 0.6 is 0 Å². The fourth-order valence-electron chi connectivity index (χ4n) is 6.81.